The molecular weight excluding hydrogens is 310 g/mol. The second kappa shape index (κ2) is 6.06. The third-order valence-corrected chi connectivity index (χ3v) is 4.49. The van der Waals surface area contributed by atoms with Crippen molar-refractivity contribution >= 4 is 23.0 Å². The molecule has 0 atom stereocenters. The van der Waals surface area contributed by atoms with Gasteiger partial charge in [-0.1, -0.05) is 24.3 Å². The second-order valence-corrected chi connectivity index (χ2v) is 6.30. The molecule has 0 radical (unpaired) electrons. The molecule has 4 heteroatoms. The maximum Gasteiger partial charge on any atom is 0.230 e. The van der Waals surface area contributed by atoms with Crippen molar-refractivity contribution in [1.82, 2.24) is 4.57 Å². The molecule has 124 valence electrons. The van der Waals surface area contributed by atoms with Crippen LogP contribution in [0.1, 0.15) is 23.4 Å². The van der Waals surface area contributed by atoms with Crippen LogP contribution in [0.5, 0.6) is 0 Å². The van der Waals surface area contributed by atoms with Crippen molar-refractivity contribution in [2.75, 3.05) is 5.32 Å². The Hall–Kier alpha value is -3.14. The van der Waals surface area contributed by atoms with E-state index < -0.39 is 0 Å². The standard InChI is InChI=1S/C21H19N3O/c1-14-7-8-15(2)24(14)17-11-9-16(10-12-17)20-13-21(25)23-19-6-4-3-5-18(19)22-20/h3-12H,13H2,1-2H3,(H,23,25). The highest BCUT2D eigenvalue weighted by Gasteiger charge is 2.17. The molecule has 0 aliphatic carbocycles. The van der Waals surface area contributed by atoms with E-state index in [4.69, 9.17) is 4.99 Å². The molecule has 1 amide bonds. The Morgan fingerprint density at radius 3 is 2.32 bits per heavy atom. The number of aryl methyl sites for hydroxylation is 2. The van der Waals surface area contributed by atoms with Crippen LogP contribution in [0.15, 0.2) is 65.7 Å². The van der Waals surface area contributed by atoms with Gasteiger partial charge in [-0.15, -0.1) is 0 Å². The van der Waals surface area contributed by atoms with Crippen LogP contribution in [0.25, 0.3) is 5.69 Å². The monoisotopic (exact) mass is 329 g/mol. The summed E-state index contributed by atoms with van der Waals surface area (Å²) >= 11 is 0. The first-order chi connectivity index (χ1) is 12.1. The molecule has 0 bridgehead atoms. The molecule has 0 saturated heterocycles. The van der Waals surface area contributed by atoms with E-state index in [0.717, 1.165) is 28.3 Å². The van der Waals surface area contributed by atoms with Gasteiger partial charge in [0.15, 0.2) is 0 Å². The summed E-state index contributed by atoms with van der Waals surface area (Å²) in [5.74, 6) is -0.0372. The highest BCUT2D eigenvalue weighted by Crippen LogP contribution is 2.28. The van der Waals surface area contributed by atoms with Crippen LogP contribution in [0.3, 0.4) is 0 Å². The first-order valence-corrected chi connectivity index (χ1v) is 8.34. The minimum Gasteiger partial charge on any atom is -0.324 e. The van der Waals surface area contributed by atoms with Crippen LogP contribution in [0.4, 0.5) is 11.4 Å². The molecule has 3 aromatic rings. The summed E-state index contributed by atoms with van der Waals surface area (Å²) in [5, 5.41) is 2.91. The fraction of sp³-hybridized carbons (Fsp3) is 0.143. The fourth-order valence-electron chi connectivity index (χ4n) is 3.25. The van der Waals surface area contributed by atoms with Crippen molar-refractivity contribution in [3.63, 3.8) is 0 Å². The first kappa shape index (κ1) is 15.4. The number of carbonyl (C=O) groups is 1. The molecule has 0 spiro atoms. The Labute approximate surface area is 146 Å². The Morgan fingerprint density at radius 2 is 1.60 bits per heavy atom. The number of aromatic nitrogens is 1. The summed E-state index contributed by atoms with van der Waals surface area (Å²) < 4.78 is 2.21. The fourth-order valence-corrected chi connectivity index (χ4v) is 3.25. The van der Waals surface area contributed by atoms with Gasteiger partial charge >= 0.3 is 0 Å². The van der Waals surface area contributed by atoms with E-state index in [9.17, 15) is 4.79 Å². The average molecular weight is 329 g/mol. The van der Waals surface area contributed by atoms with Gasteiger partial charge in [0.1, 0.15) is 0 Å². The number of rotatable bonds is 2. The topological polar surface area (TPSA) is 46.4 Å². The second-order valence-electron chi connectivity index (χ2n) is 6.30. The van der Waals surface area contributed by atoms with Crippen molar-refractivity contribution in [3.8, 4) is 5.69 Å². The Bertz CT molecular complexity index is 961. The molecule has 2 heterocycles. The van der Waals surface area contributed by atoms with Crippen LogP contribution in [-0.2, 0) is 4.79 Å². The number of hydrogen-bond acceptors (Lipinski definition) is 2. The number of benzene rings is 2. The largest absolute Gasteiger partial charge is 0.324 e. The van der Waals surface area contributed by atoms with Gasteiger partial charge in [-0.05, 0) is 55.8 Å². The normalized spacial score (nSPS) is 13.7. The lowest BCUT2D eigenvalue weighted by atomic mass is 10.1. The third-order valence-electron chi connectivity index (χ3n) is 4.49. The van der Waals surface area contributed by atoms with Gasteiger partial charge in [-0.25, -0.2) is 0 Å². The van der Waals surface area contributed by atoms with Crippen LogP contribution in [0, 0.1) is 13.8 Å². The molecule has 1 aliphatic rings. The smallest absolute Gasteiger partial charge is 0.230 e. The van der Waals surface area contributed by atoms with Gasteiger partial charge in [0.25, 0.3) is 0 Å². The van der Waals surface area contributed by atoms with Crippen molar-refractivity contribution < 1.29 is 4.79 Å². The minimum absolute atomic E-state index is 0.0372. The molecule has 2 aromatic carbocycles. The molecule has 1 N–H and O–H groups in total. The molecule has 1 aliphatic heterocycles. The van der Waals surface area contributed by atoms with Gasteiger partial charge in [-0.2, -0.15) is 0 Å². The van der Waals surface area contributed by atoms with Crippen molar-refractivity contribution in [2.45, 2.75) is 20.3 Å². The Balaban J connectivity index is 1.73. The minimum atomic E-state index is -0.0372. The zero-order valence-corrected chi connectivity index (χ0v) is 14.3. The molecule has 25 heavy (non-hydrogen) atoms. The molecule has 1 aromatic heterocycles. The number of nitrogens with one attached hydrogen (secondary N) is 1. The highest BCUT2D eigenvalue weighted by atomic mass is 16.1. The van der Waals surface area contributed by atoms with Gasteiger partial charge < -0.3 is 9.88 Å². The van der Waals surface area contributed by atoms with E-state index in [-0.39, 0.29) is 12.3 Å². The van der Waals surface area contributed by atoms with Crippen molar-refractivity contribution in [1.29, 1.82) is 0 Å². The molecular formula is C21H19N3O. The predicted octanol–water partition coefficient (Wildman–Crippen LogP) is 4.56. The lowest BCUT2D eigenvalue weighted by Gasteiger charge is -2.11. The molecule has 0 saturated carbocycles. The number of nitrogens with zero attached hydrogens (tertiary/aromatic N) is 2. The summed E-state index contributed by atoms with van der Waals surface area (Å²) in [6.07, 6.45) is 0.273. The van der Waals surface area contributed by atoms with E-state index in [1.165, 1.54) is 11.4 Å². The SMILES string of the molecule is Cc1ccc(C)n1-c1ccc(C2=Nc3ccccc3NC(=O)C2)cc1. The lowest BCUT2D eigenvalue weighted by molar-refractivity contribution is -0.115. The van der Waals surface area contributed by atoms with E-state index >= 15 is 0 Å². The summed E-state index contributed by atoms with van der Waals surface area (Å²) in [6.45, 7) is 4.19. The summed E-state index contributed by atoms with van der Waals surface area (Å²) in [5.41, 5.74) is 6.83. The predicted molar refractivity (Wildman–Crippen MR) is 101 cm³/mol. The van der Waals surface area contributed by atoms with E-state index in [1.807, 2.05) is 36.4 Å². The van der Waals surface area contributed by atoms with Gasteiger partial charge in [0.2, 0.25) is 5.91 Å². The summed E-state index contributed by atoms with van der Waals surface area (Å²) in [6, 6.07) is 20.1. The number of carbonyl (C=O) groups excluding carboxylic acids is 1. The molecule has 0 fully saturated rings. The van der Waals surface area contributed by atoms with Crippen LogP contribution in [0.2, 0.25) is 0 Å². The lowest BCUT2D eigenvalue weighted by Crippen LogP contribution is -2.15. The molecule has 4 rings (SSSR count). The van der Waals surface area contributed by atoms with E-state index in [2.05, 4.69) is 48.0 Å². The third kappa shape index (κ3) is 2.87. The van der Waals surface area contributed by atoms with Crippen LogP contribution >= 0.6 is 0 Å². The summed E-state index contributed by atoms with van der Waals surface area (Å²) in [4.78, 5) is 16.9. The van der Waals surface area contributed by atoms with Crippen LogP contribution in [-0.4, -0.2) is 16.2 Å². The zero-order valence-electron chi connectivity index (χ0n) is 14.3. The maximum absolute atomic E-state index is 12.2. The number of hydrogen-bond donors (Lipinski definition) is 1. The average Bonchev–Trinajstić information content (AvgIpc) is 2.84. The van der Waals surface area contributed by atoms with Crippen LogP contribution < -0.4 is 5.32 Å². The number of aliphatic imine (C=N–C) groups is 1. The van der Waals surface area contributed by atoms with Gasteiger partial charge in [0.05, 0.1) is 23.5 Å². The highest BCUT2D eigenvalue weighted by molar-refractivity contribution is 6.16. The van der Waals surface area contributed by atoms with Crippen molar-refractivity contribution in [2.24, 2.45) is 4.99 Å². The molecule has 0 unspecified atom stereocenters. The quantitative estimate of drug-likeness (QED) is 0.736. The van der Waals surface area contributed by atoms with Gasteiger partial charge in [-0.3, -0.25) is 9.79 Å². The maximum atomic E-state index is 12.2. The van der Waals surface area contributed by atoms with Gasteiger partial charge in [0, 0.05) is 17.1 Å². The molecule has 4 nitrogen and oxygen atoms in total. The van der Waals surface area contributed by atoms with E-state index in [1.54, 1.807) is 0 Å². The first-order valence-electron chi connectivity index (χ1n) is 8.34. The Morgan fingerprint density at radius 1 is 0.920 bits per heavy atom. The number of anilines is 1. The summed E-state index contributed by atoms with van der Waals surface area (Å²) in [7, 11) is 0. The number of para-hydroxylation sites is 2. The number of amides is 1. The van der Waals surface area contributed by atoms with Crippen molar-refractivity contribution in [3.05, 3.63) is 77.6 Å². The number of fused-ring (bicyclic) bond motifs is 1. The zero-order chi connectivity index (χ0) is 17.4. The Kier molecular flexibility index (Phi) is 3.73. The van der Waals surface area contributed by atoms with E-state index in [0.29, 0.717) is 0 Å².